The molecule has 12 heteroatoms. The van der Waals surface area contributed by atoms with Crippen molar-refractivity contribution in [3.05, 3.63) is 45.8 Å². The molecule has 0 bridgehead atoms. The molecule has 4 rings (SSSR count). The van der Waals surface area contributed by atoms with Gasteiger partial charge in [-0.1, -0.05) is 11.6 Å². The number of alkyl halides is 2. The number of amides is 1. The summed E-state index contributed by atoms with van der Waals surface area (Å²) in [6.07, 6.45) is -1.36. The number of likely N-dealkylation sites (N-methyl/N-ethyl adjacent to an activating group) is 1. The summed E-state index contributed by atoms with van der Waals surface area (Å²) in [5, 5.41) is 6.41. The molecule has 1 saturated heterocycles. The summed E-state index contributed by atoms with van der Waals surface area (Å²) in [5.74, 6) is 0.108. The van der Waals surface area contributed by atoms with E-state index in [0.717, 1.165) is 0 Å². The Morgan fingerprint density at radius 2 is 2.00 bits per heavy atom. The van der Waals surface area contributed by atoms with Gasteiger partial charge in [0.15, 0.2) is 18.2 Å². The van der Waals surface area contributed by atoms with Gasteiger partial charge in [-0.25, -0.2) is 13.8 Å². The average Bonchev–Trinajstić information content (AvgIpc) is 2.81. The maximum Gasteiger partial charge on any atom is 0.293 e. The minimum Gasteiger partial charge on any atom is -0.478 e. The molecule has 1 amide bonds. The number of aromatic nitrogens is 3. The monoisotopic (exact) mass is 492 g/mol. The highest BCUT2D eigenvalue weighted by Crippen LogP contribution is 2.29. The summed E-state index contributed by atoms with van der Waals surface area (Å²) in [6, 6.07) is 6.79. The maximum atomic E-state index is 13.8. The number of halogens is 3. The van der Waals surface area contributed by atoms with E-state index in [9.17, 15) is 18.4 Å². The molecule has 1 aliphatic rings. The van der Waals surface area contributed by atoms with Crippen LogP contribution in [0.15, 0.2) is 35.3 Å². The molecule has 0 radical (unpaired) electrons. The van der Waals surface area contributed by atoms with E-state index >= 15 is 0 Å². The minimum atomic E-state index is -1.30. The van der Waals surface area contributed by atoms with Crippen molar-refractivity contribution in [3.63, 3.8) is 0 Å². The molecule has 2 atom stereocenters. The van der Waals surface area contributed by atoms with Gasteiger partial charge in [0.05, 0.1) is 24.8 Å². The van der Waals surface area contributed by atoms with Gasteiger partial charge < -0.3 is 24.8 Å². The lowest BCUT2D eigenvalue weighted by molar-refractivity contribution is -0.122. The molecule has 180 valence electrons. The lowest BCUT2D eigenvalue weighted by Crippen LogP contribution is -2.43. The number of fused-ring (bicyclic) bond motifs is 1. The van der Waals surface area contributed by atoms with E-state index in [1.165, 1.54) is 22.7 Å². The number of hydrogen-bond acceptors (Lipinski definition) is 7. The number of nitrogens with one attached hydrogen (secondary N) is 2. The number of hydrogen-bond donors (Lipinski definition) is 2. The van der Waals surface area contributed by atoms with Crippen molar-refractivity contribution >= 4 is 45.9 Å². The fraction of sp³-hybridized carbons (Fsp3) is 0.364. The van der Waals surface area contributed by atoms with Gasteiger partial charge >= 0.3 is 0 Å². The van der Waals surface area contributed by atoms with Crippen molar-refractivity contribution in [2.45, 2.75) is 18.8 Å². The molecule has 2 aromatic heterocycles. The van der Waals surface area contributed by atoms with Gasteiger partial charge in [0.2, 0.25) is 5.95 Å². The maximum absolute atomic E-state index is 13.8. The number of ether oxygens (including phenoxy) is 1. The normalized spacial score (nSPS) is 18.1. The zero-order valence-corrected chi connectivity index (χ0v) is 19.3. The van der Waals surface area contributed by atoms with Crippen LogP contribution in [0.3, 0.4) is 0 Å². The Kier molecular flexibility index (Phi) is 6.82. The first-order valence-electron chi connectivity index (χ1n) is 10.5. The first kappa shape index (κ1) is 23.7. The van der Waals surface area contributed by atoms with E-state index in [2.05, 4.69) is 20.6 Å². The number of carbonyl (C=O) groups excluding carboxylic acids is 1. The van der Waals surface area contributed by atoms with Gasteiger partial charge in [-0.15, -0.1) is 0 Å². The van der Waals surface area contributed by atoms with Gasteiger partial charge in [-0.05, 0) is 24.3 Å². The molecule has 3 aromatic rings. The van der Waals surface area contributed by atoms with Crippen molar-refractivity contribution in [2.24, 2.45) is 7.05 Å². The van der Waals surface area contributed by atoms with Crippen LogP contribution in [0, 0.1) is 0 Å². The molecule has 2 N–H and O–H groups in total. The second kappa shape index (κ2) is 9.80. The minimum absolute atomic E-state index is 0.00429. The Bertz CT molecular complexity index is 1280. The van der Waals surface area contributed by atoms with Crippen LogP contribution in [0.25, 0.3) is 10.9 Å². The van der Waals surface area contributed by atoms with Crippen LogP contribution in [0.5, 0.6) is 5.75 Å². The van der Waals surface area contributed by atoms with Crippen LogP contribution in [-0.2, 0) is 11.8 Å². The number of nitrogens with zero attached hydrogens (tertiary/aromatic N) is 4. The molecule has 1 aromatic carbocycles. The van der Waals surface area contributed by atoms with Crippen LogP contribution in [0.4, 0.5) is 26.2 Å². The summed E-state index contributed by atoms with van der Waals surface area (Å²) in [6.45, 7) is -0.279. The molecule has 1 fully saturated rings. The molecule has 0 unspecified atom stereocenters. The quantitative estimate of drug-likeness (QED) is 0.545. The largest absolute Gasteiger partial charge is 0.478 e. The predicted molar refractivity (Wildman–Crippen MR) is 126 cm³/mol. The Morgan fingerprint density at radius 1 is 1.26 bits per heavy atom. The third-order valence-corrected chi connectivity index (χ3v) is 5.73. The SMILES string of the molecule is CNC(=O)COc1cc2cc(Nc3nc(N4C[C@H](F)C[C@@H](F)C4)ncc3Cl)ccc2n(C)c1=O. The van der Waals surface area contributed by atoms with Crippen LogP contribution in [-0.4, -0.2) is 59.5 Å². The molecule has 0 saturated carbocycles. The summed E-state index contributed by atoms with van der Waals surface area (Å²) < 4.78 is 34.4. The molecular formula is C22H23ClF2N6O3. The number of anilines is 3. The van der Waals surface area contributed by atoms with Crippen LogP contribution < -0.4 is 25.8 Å². The van der Waals surface area contributed by atoms with Crippen LogP contribution in [0.1, 0.15) is 6.42 Å². The molecule has 3 heterocycles. The van der Waals surface area contributed by atoms with Gasteiger partial charge in [0.1, 0.15) is 17.4 Å². The Labute approximate surface area is 198 Å². The highest BCUT2D eigenvalue weighted by atomic mass is 35.5. The third-order valence-electron chi connectivity index (χ3n) is 5.45. The smallest absolute Gasteiger partial charge is 0.293 e. The van der Waals surface area contributed by atoms with Crippen molar-refractivity contribution in [2.75, 3.05) is 37.0 Å². The first-order valence-corrected chi connectivity index (χ1v) is 10.9. The number of benzene rings is 1. The first-order chi connectivity index (χ1) is 16.2. The molecule has 34 heavy (non-hydrogen) atoms. The molecule has 9 nitrogen and oxygen atoms in total. The summed E-state index contributed by atoms with van der Waals surface area (Å²) in [4.78, 5) is 34.0. The van der Waals surface area contributed by atoms with Crippen molar-refractivity contribution in [1.82, 2.24) is 19.9 Å². The number of carbonyl (C=O) groups is 1. The van der Waals surface area contributed by atoms with Gasteiger partial charge in [0, 0.05) is 31.6 Å². The van der Waals surface area contributed by atoms with Crippen molar-refractivity contribution < 1.29 is 18.3 Å². The average molecular weight is 493 g/mol. The Morgan fingerprint density at radius 3 is 2.71 bits per heavy atom. The third kappa shape index (κ3) is 5.04. The Balaban J connectivity index is 1.62. The van der Waals surface area contributed by atoms with E-state index in [4.69, 9.17) is 16.3 Å². The molecule has 1 aliphatic heterocycles. The molecule has 0 spiro atoms. The standard InChI is InChI=1S/C22H23ClF2N6O3/c1-26-19(32)11-34-18-6-12-5-15(3-4-17(12)30(2)21(18)33)28-20-16(23)8-27-22(29-20)31-9-13(24)7-14(25)10-31/h3-6,8,13-14H,7,9-11H2,1-2H3,(H,26,32)(H,27,28,29)/t13-,14-/m1/s1. The Hall–Kier alpha value is -3.47. The van der Waals surface area contributed by atoms with Gasteiger partial charge in [-0.2, -0.15) is 4.98 Å². The summed E-state index contributed by atoms with van der Waals surface area (Å²) in [5.41, 5.74) is 0.869. The zero-order chi connectivity index (χ0) is 24.4. The van der Waals surface area contributed by atoms with Gasteiger partial charge in [0.25, 0.3) is 11.5 Å². The topological polar surface area (TPSA) is 101 Å². The van der Waals surface area contributed by atoms with E-state index in [1.807, 2.05) is 0 Å². The molecular weight excluding hydrogens is 470 g/mol. The second-order valence-electron chi connectivity index (χ2n) is 7.93. The summed E-state index contributed by atoms with van der Waals surface area (Å²) in [7, 11) is 3.08. The van der Waals surface area contributed by atoms with Crippen molar-refractivity contribution in [1.29, 1.82) is 0 Å². The lowest BCUT2D eigenvalue weighted by Gasteiger charge is -2.31. The lowest BCUT2D eigenvalue weighted by atomic mass is 10.1. The molecule has 0 aliphatic carbocycles. The predicted octanol–water partition coefficient (Wildman–Crippen LogP) is 2.74. The highest BCUT2D eigenvalue weighted by Gasteiger charge is 2.28. The highest BCUT2D eigenvalue weighted by molar-refractivity contribution is 6.32. The van der Waals surface area contributed by atoms with E-state index in [1.54, 1.807) is 31.3 Å². The number of aryl methyl sites for hydroxylation is 1. The number of rotatable bonds is 6. The zero-order valence-electron chi connectivity index (χ0n) is 18.5. The van der Waals surface area contributed by atoms with E-state index < -0.39 is 12.3 Å². The number of pyridine rings is 1. The van der Waals surface area contributed by atoms with Crippen LogP contribution >= 0.6 is 11.6 Å². The summed E-state index contributed by atoms with van der Waals surface area (Å²) >= 11 is 6.26. The number of piperidine rings is 1. The van der Waals surface area contributed by atoms with E-state index in [0.29, 0.717) is 16.6 Å². The van der Waals surface area contributed by atoms with E-state index in [-0.39, 0.29) is 60.1 Å². The van der Waals surface area contributed by atoms with Crippen molar-refractivity contribution in [3.8, 4) is 5.75 Å². The fourth-order valence-corrected chi connectivity index (χ4v) is 3.87. The second-order valence-corrected chi connectivity index (χ2v) is 8.34. The fourth-order valence-electron chi connectivity index (χ4n) is 3.73. The van der Waals surface area contributed by atoms with Gasteiger partial charge in [-0.3, -0.25) is 9.59 Å². The van der Waals surface area contributed by atoms with Crippen LogP contribution in [0.2, 0.25) is 5.02 Å².